The summed E-state index contributed by atoms with van der Waals surface area (Å²) in [5.74, 6) is -1.47. The number of carbonyl (C=O) groups is 2. The van der Waals surface area contributed by atoms with E-state index in [0.29, 0.717) is 6.42 Å². The standard InChI is InChI=1S/C10H12O2.C7H6FNO/c1-12-10(11)8-7-9-5-3-2-4-6-9;8-6-4-2-1-3-5(6)7(9)10/h2-6H,7-8H2,1H3;1-4H,(H2,9,10). The molecular weight excluding hydrogens is 285 g/mol. The highest BCUT2D eigenvalue weighted by atomic mass is 19.1. The van der Waals surface area contributed by atoms with Gasteiger partial charge in [-0.2, -0.15) is 0 Å². The Bertz CT molecular complexity index is 614. The summed E-state index contributed by atoms with van der Waals surface area (Å²) >= 11 is 0. The maximum atomic E-state index is 12.5. The molecule has 0 aliphatic rings. The first-order valence-electron chi connectivity index (χ1n) is 6.69. The van der Waals surface area contributed by atoms with Gasteiger partial charge in [-0.1, -0.05) is 42.5 Å². The van der Waals surface area contributed by atoms with Crippen LogP contribution in [0.1, 0.15) is 22.3 Å². The molecule has 4 nitrogen and oxygen atoms in total. The van der Waals surface area contributed by atoms with Crippen molar-refractivity contribution in [3.8, 4) is 0 Å². The zero-order chi connectivity index (χ0) is 16.4. The molecule has 22 heavy (non-hydrogen) atoms. The third kappa shape index (κ3) is 6.17. The fraction of sp³-hybridized carbons (Fsp3) is 0.176. The van der Waals surface area contributed by atoms with Crippen LogP contribution in [-0.4, -0.2) is 19.0 Å². The van der Waals surface area contributed by atoms with Crippen molar-refractivity contribution in [1.82, 2.24) is 0 Å². The van der Waals surface area contributed by atoms with Crippen LogP contribution in [0, 0.1) is 5.82 Å². The van der Waals surface area contributed by atoms with Crippen LogP contribution in [0.15, 0.2) is 54.6 Å². The number of benzene rings is 2. The van der Waals surface area contributed by atoms with E-state index in [9.17, 15) is 14.0 Å². The highest BCUT2D eigenvalue weighted by Gasteiger charge is 2.04. The summed E-state index contributed by atoms with van der Waals surface area (Å²) in [6, 6.07) is 15.5. The summed E-state index contributed by atoms with van der Waals surface area (Å²) in [6.45, 7) is 0. The molecule has 0 saturated carbocycles. The molecule has 0 aliphatic carbocycles. The van der Waals surface area contributed by atoms with Gasteiger partial charge in [0.15, 0.2) is 0 Å². The second-order valence-corrected chi connectivity index (χ2v) is 4.41. The van der Waals surface area contributed by atoms with E-state index in [0.717, 1.165) is 6.42 Å². The van der Waals surface area contributed by atoms with Gasteiger partial charge in [-0.3, -0.25) is 9.59 Å². The van der Waals surface area contributed by atoms with Crippen LogP contribution in [0.4, 0.5) is 4.39 Å². The predicted molar refractivity (Wildman–Crippen MR) is 81.7 cm³/mol. The van der Waals surface area contributed by atoms with Gasteiger partial charge in [0.05, 0.1) is 12.7 Å². The number of aryl methyl sites for hydroxylation is 1. The van der Waals surface area contributed by atoms with Gasteiger partial charge in [0.25, 0.3) is 5.91 Å². The van der Waals surface area contributed by atoms with Crippen LogP contribution < -0.4 is 5.73 Å². The van der Waals surface area contributed by atoms with Gasteiger partial charge in [0.1, 0.15) is 5.82 Å². The minimum absolute atomic E-state index is 0.0671. The smallest absolute Gasteiger partial charge is 0.305 e. The fourth-order valence-electron chi connectivity index (χ4n) is 1.65. The third-order valence-corrected chi connectivity index (χ3v) is 2.83. The van der Waals surface area contributed by atoms with Crippen molar-refractivity contribution in [2.75, 3.05) is 7.11 Å². The number of halogens is 1. The van der Waals surface area contributed by atoms with E-state index in [2.05, 4.69) is 4.74 Å². The molecule has 0 aromatic heterocycles. The molecule has 0 saturated heterocycles. The molecule has 1 amide bonds. The van der Waals surface area contributed by atoms with E-state index in [1.54, 1.807) is 6.07 Å². The number of amides is 1. The Balaban J connectivity index is 0.000000224. The molecule has 0 heterocycles. The Hall–Kier alpha value is -2.69. The first-order chi connectivity index (χ1) is 10.5. The van der Waals surface area contributed by atoms with E-state index in [1.807, 2.05) is 30.3 Å². The number of methoxy groups -OCH3 is 1. The zero-order valence-corrected chi connectivity index (χ0v) is 12.3. The molecule has 0 bridgehead atoms. The minimum Gasteiger partial charge on any atom is -0.469 e. The highest BCUT2D eigenvalue weighted by molar-refractivity contribution is 5.92. The fourth-order valence-corrected chi connectivity index (χ4v) is 1.65. The Labute approximate surface area is 128 Å². The van der Waals surface area contributed by atoms with Crippen LogP contribution in [0.2, 0.25) is 0 Å². The van der Waals surface area contributed by atoms with E-state index in [4.69, 9.17) is 5.73 Å². The largest absolute Gasteiger partial charge is 0.469 e. The van der Waals surface area contributed by atoms with Gasteiger partial charge in [-0.15, -0.1) is 0 Å². The number of carbonyl (C=O) groups excluding carboxylic acids is 2. The number of esters is 1. The Morgan fingerprint density at radius 1 is 1.05 bits per heavy atom. The first-order valence-corrected chi connectivity index (χ1v) is 6.69. The summed E-state index contributed by atoms with van der Waals surface area (Å²) in [7, 11) is 1.41. The van der Waals surface area contributed by atoms with Crippen molar-refractivity contribution < 1.29 is 18.7 Å². The Morgan fingerprint density at radius 2 is 1.64 bits per heavy atom. The molecule has 0 aliphatic heterocycles. The highest BCUT2D eigenvalue weighted by Crippen LogP contribution is 2.04. The summed E-state index contributed by atoms with van der Waals surface area (Å²) in [4.78, 5) is 21.2. The number of hydrogen-bond donors (Lipinski definition) is 1. The first kappa shape index (κ1) is 17.4. The van der Waals surface area contributed by atoms with Crippen molar-refractivity contribution >= 4 is 11.9 Å². The number of hydrogen-bond acceptors (Lipinski definition) is 3. The lowest BCUT2D eigenvalue weighted by atomic mass is 10.1. The lowest BCUT2D eigenvalue weighted by Crippen LogP contribution is -2.12. The van der Waals surface area contributed by atoms with Crippen LogP contribution in [0.25, 0.3) is 0 Å². The van der Waals surface area contributed by atoms with Crippen molar-refractivity contribution in [3.05, 3.63) is 71.5 Å². The maximum absolute atomic E-state index is 12.5. The van der Waals surface area contributed by atoms with Crippen LogP contribution in [-0.2, 0) is 16.0 Å². The van der Waals surface area contributed by atoms with Gasteiger partial charge in [0, 0.05) is 6.42 Å². The van der Waals surface area contributed by atoms with Crippen molar-refractivity contribution in [2.24, 2.45) is 5.73 Å². The third-order valence-electron chi connectivity index (χ3n) is 2.83. The Kier molecular flexibility index (Phi) is 7.33. The lowest BCUT2D eigenvalue weighted by Gasteiger charge is -1.98. The zero-order valence-electron chi connectivity index (χ0n) is 12.3. The predicted octanol–water partition coefficient (Wildman–Crippen LogP) is 2.72. The molecule has 116 valence electrons. The van der Waals surface area contributed by atoms with Crippen LogP contribution in [0.3, 0.4) is 0 Å². The van der Waals surface area contributed by atoms with E-state index >= 15 is 0 Å². The summed E-state index contributed by atoms with van der Waals surface area (Å²) in [6.07, 6.45) is 1.22. The lowest BCUT2D eigenvalue weighted by molar-refractivity contribution is -0.140. The molecule has 5 heteroatoms. The average molecular weight is 303 g/mol. The summed E-state index contributed by atoms with van der Waals surface area (Å²) < 4.78 is 17.1. The Morgan fingerprint density at radius 3 is 2.14 bits per heavy atom. The molecule has 2 aromatic rings. The molecule has 0 radical (unpaired) electrons. The normalized spacial score (nSPS) is 9.36. The van der Waals surface area contributed by atoms with E-state index in [-0.39, 0.29) is 11.5 Å². The van der Waals surface area contributed by atoms with Crippen molar-refractivity contribution in [1.29, 1.82) is 0 Å². The maximum Gasteiger partial charge on any atom is 0.305 e. The van der Waals surface area contributed by atoms with Crippen molar-refractivity contribution in [2.45, 2.75) is 12.8 Å². The van der Waals surface area contributed by atoms with E-state index in [1.165, 1.54) is 30.9 Å². The molecule has 2 N–H and O–H groups in total. The van der Waals surface area contributed by atoms with Gasteiger partial charge >= 0.3 is 5.97 Å². The minimum atomic E-state index is -0.738. The number of rotatable bonds is 4. The number of ether oxygens (including phenoxy) is 1. The number of nitrogens with two attached hydrogens (primary N) is 1. The average Bonchev–Trinajstić information content (AvgIpc) is 2.54. The molecule has 0 fully saturated rings. The second kappa shape index (κ2) is 9.28. The molecule has 0 atom stereocenters. The summed E-state index contributed by atoms with van der Waals surface area (Å²) in [5, 5.41) is 0. The molecule has 0 spiro atoms. The topological polar surface area (TPSA) is 69.4 Å². The molecule has 0 unspecified atom stereocenters. The molecule has 2 rings (SSSR count). The second-order valence-electron chi connectivity index (χ2n) is 4.41. The van der Waals surface area contributed by atoms with Crippen molar-refractivity contribution in [3.63, 3.8) is 0 Å². The van der Waals surface area contributed by atoms with Crippen LogP contribution >= 0.6 is 0 Å². The van der Waals surface area contributed by atoms with Gasteiger partial charge < -0.3 is 10.5 Å². The van der Waals surface area contributed by atoms with Gasteiger partial charge in [0.2, 0.25) is 0 Å². The summed E-state index contributed by atoms with van der Waals surface area (Å²) in [5.41, 5.74) is 5.94. The quantitative estimate of drug-likeness (QED) is 0.883. The van der Waals surface area contributed by atoms with Gasteiger partial charge in [-0.05, 0) is 24.1 Å². The molecular formula is C17H18FNO3. The molecule has 2 aromatic carbocycles. The SMILES string of the molecule is COC(=O)CCc1ccccc1.NC(=O)c1ccccc1F. The van der Waals surface area contributed by atoms with Crippen LogP contribution in [0.5, 0.6) is 0 Å². The van der Waals surface area contributed by atoms with Gasteiger partial charge in [-0.25, -0.2) is 4.39 Å². The monoisotopic (exact) mass is 303 g/mol. The van der Waals surface area contributed by atoms with E-state index < -0.39 is 11.7 Å². The number of primary amides is 1.